The van der Waals surface area contributed by atoms with E-state index in [9.17, 15) is 22.4 Å². The molecule has 0 spiro atoms. The highest BCUT2D eigenvalue weighted by Crippen LogP contribution is 2.13. The molecule has 0 radical (unpaired) electrons. The molecule has 3 rings (SSSR count). The summed E-state index contributed by atoms with van der Waals surface area (Å²) >= 11 is 1.43. The van der Waals surface area contributed by atoms with Gasteiger partial charge in [-0.05, 0) is 41.3 Å². The van der Waals surface area contributed by atoms with Gasteiger partial charge in [-0.15, -0.1) is 11.3 Å². The summed E-state index contributed by atoms with van der Waals surface area (Å²) in [7, 11) is -4.00. The third-order valence-electron chi connectivity index (χ3n) is 4.48. The van der Waals surface area contributed by atoms with Crippen molar-refractivity contribution in [3.8, 4) is 0 Å². The number of rotatable bonds is 10. The number of hydrogen-bond donors (Lipinski definition) is 2. The number of hydrogen-bond acceptors (Lipinski definition) is 5. The summed E-state index contributed by atoms with van der Waals surface area (Å²) in [5.74, 6) is -1.48. The standard InChI is InChI=1S/C22H22FN3O4S2/c23-18-8-10-20(11-9-18)32(29,30)25-14-22(28)26(15-19-7-4-12-31-19)16-21(27)24-13-17-5-2-1-3-6-17/h1-12,25H,13-16H2,(H,24,27). The van der Waals surface area contributed by atoms with Crippen LogP contribution in [0.3, 0.4) is 0 Å². The van der Waals surface area contributed by atoms with Crippen molar-refractivity contribution < 1.29 is 22.4 Å². The van der Waals surface area contributed by atoms with E-state index in [0.29, 0.717) is 6.54 Å². The van der Waals surface area contributed by atoms with Crippen molar-refractivity contribution in [3.63, 3.8) is 0 Å². The fourth-order valence-electron chi connectivity index (χ4n) is 2.81. The predicted octanol–water partition coefficient (Wildman–Crippen LogP) is 2.51. The van der Waals surface area contributed by atoms with Crippen LogP contribution in [0.1, 0.15) is 10.4 Å². The summed E-state index contributed by atoms with van der Waals surface area (Å²) in [6.45, 7) is -0.260. The van der Waals surface area contributed by atoms with E-state index < -0.39 is 28.3 Å². The van der Waals surface area contributed by atoms with Crippen LogP contribution in [0.15, 0.2) is 77.0 Å². The molecule has 10 heteroatoms. The first kappa shape index (κ1) is 23.6. The molecule has 2 amide bonds. The van der Waals surface area contributed by atoms with Crippen molar-refractivity contribution in [2.24, 2.45) is 0 Å². The molecule has 0 saturated carbocycles. The van der Waals surface area contributed by atoms with Gasteiger partial charge in [0, 0.05) is 11.4 Å². The van der Waals surface area contributed by atoms with E-state index in [1.54, 1.807) is 0 Å². The molecule has 2 aromatic carbocycles. The third kappa shape index (κ3) is 6.98. The van der Waals surface area contributed by atoms with Crippen LogP contribution in [0.5, 0.6) is 0 Å². The molecule has 2 N–H and O–H groups in total. The summed E-state index contributed by atoms with van der Waals surface area (Å²) in [6, 6.07) is 17.3. The van der Waals surface area contributed by atoms with Crippen LogP contribution in [-0.2, 0) is 32.7 Å². The monoisotopic (exact) mass is 475 g/mol. The Bertz CT molecular complexity index is 1140. The van der Waals surface area contributed by atoms with Crippen LogP contribution in [0.4, 0.5) is 4.39 Å². The fraction of sp³-hybridized carbons (Fsp3) is 0.182. The van der Waals surface area contributed by atoms with Gasteiger partial charge in [0.1, 0.15) is 5.82 Å². The van der Waals surface area contributed by atoms with Crippen LogP contribution in [0.25, 0.3) is 0 Å². The van der Waals surface area contributed by atoms with Crippen molar-refractivity contribution in [2.75, 3.05) is 13.1 Å². The number of benzene rings is 2. The second-order valence-electron chi connectivity index (χ2n) is 6.87. The lowest BCUT2D eigenvalue weighted by atomic mass is 10.2. The van der Waals surface area contributed by atoms with Gasteiger partial charge in [-0.1, -0.05) is 36.4 Å². The van der Waals surface area contributed by atoms with Gasteiger partial charge >= 0.3 is 0 Å². The summed E-state index contributed by atoms with van der Waals surface area (Å²) in [5.41, 5.74) is 0.920. The minimum absolute atomic E-state index is 0.155. The van der Waals surface area contributed by atoms with Crippen LogP contribution in [0, 0.1) is 5.82 Å². The van der Waals surface area contributed by atoms with E-state index in [1.165, 1.54) is 16.2 Å². The Kier molecular flexibility index (Phi) is 8.09. The van der Waals surface area contributed by atoms with Crippen LogP contribution in [0.2, 0.25) is 0 Å². The third-order valence-corrected chi connectivity index (χ3v) is 6.76. The SMILES string of the molecule is O=C(CN(Cc1cccs1)C(=O)CNS(=O)(=O)c1ccc(F)cc1)NCc1ccccc1. The first-order valence-electron chi connectivity index (χ1n) is 9.69. The van der Waals surface area contributed by atoms with Gasteiger partial charge in [-0.2, -0.15) is 0 Å². The number of nitrogens with zero attached hydrogens (tertiary/aromatic N) is 1. The van der Waals surface area contributed by atoms with Gasteiger partial charge in [0.2, 0.25) is 21.8 Å². The normalized spacial score (nSPS) is 11.2. The quantitative estimate of drug-likeness (QED) is 0.471. The zero-order chi connectivity index (χ0) is 23.0. The summed E-state index contributed by atoms with van der Waals surface area (Å²) in [6.07, 6.45) is 0. The molecule has 168 valence electrons. The highest BCUT2D eigenvalue weighted by atomic mass is 32.2. The highest BCUT2D eigenvalue weighted by molar-refractivity contribution is 7.89. The van der Waals surface area contributed by atoms with Crippen LogP contribution in [-0.4, -0.2) is 38.2 Å². The number of halogens is 1. The van der Waals surface area contributed by atoms with Gasteiger partial charge in [0.25, 0.3) is 0 Å². The molecule has 0 saturated heterocycles. The molecule has 1 aromatic heterocycles. The molecule has 0 fully saturated rings. The maximum atomic E-state index is 13.1. The number of carbonyl (C=O) groups is 2. The molecule has 0 aliphatic heterocycles. The lowest BCUT2D eigenvalue weighted by molar-refractivity contribution is -0.135. The maximum Gasteiger partial charge on any atom is 0.241 e. The van der Waals surface area contributed by atoms with E-state index in [1.807, 2.05) is 47.8 Å². The first-order chi connectivity index (χ1) is 15.3. The van der Waals surface area contributed by atoms with E-state index >= 15 is 0 Å². The maximum absolute atomic E-state index is 13.1. The van der Waals surface area contributed by atoms with Crippen molar-refractivity contribution in [1.29, 1.82) is 0 Å². The zero-order valence-corrected chi connectivity index (χ0v) is 18.7. The van der Waals surface area contributed by atoms with Gasteiger partial charge in [0.05, 0.1) is 24.5 Å². The number of nitrogens with one attached hydrogen (secondary N) is 2. The van der Waals surface area contributed by atoms with Crippen LogP contribution >= 0.6 is 11.3 Å². The summed E-state index contributed by atoms with van der Waals surface area (Å²) in [5, 5.41) is 4.62. The second kappa shape index (κ2) is 11.0. The predicted molar refractivity (Wildman–Crippen MR) is 120 cm³/mol. The zero-order valence-electron chi connectivity index (χ0n) is 17.0. The molecule has 7 nitrogen and oxygen atoms in total. The molecule has 3 aromatic rings. The Hall–Kier alpha value is -3.08. The lowest BCUT2D eigenvalue weighted by Crippen LogP contribution is -2.44. The van der Waals surface area contributed by atoms with Gasteiger partial charge in [-0.25, -0.2) is 17.5 Å². The molecule has 0 atom stereocenters. The summed E-state index contributed by atoms with van der Waals surface area (Å²) < 4.78 is 40.0. The Morgan fingerprint density at radius 1 is 0.969 bits per heavy atom. The summed E-state index contributed by atoms with van der Waals surface area (Å²) in [4.78, 5) is 27.2. The van der Waals surface area contributed by atoms with Gasteiger partial charge < -0.3 is 10.2 Å². The Labute approximate surface area is 189 Å². The smallest absolute Gasteiger partial charge is 0.241 e. The molecule has 0 aliphatic rings. The Balaban J connectivity index is 1.62. The fourth-order valence-corrected chi connectivity index (χ4v) is 4.51. The number of thiophene rings is 1. The molecule has 0 aliphatic carbocycles. The van der Waals surface area contributed by atoms with E-state index in [-0.39, 0.29) is 23.9 Å². The van der Waals surface area contributed by atoms with Crippen molar-refractivity contribution in [1.82, 2.24) is 14.9 Å². The lowest BCUT2D eigenvalue weighted by Gasteiger charge is -2.22. The number of sulfonamides is 1. The first-order valence-corrected chi connectivity index (χ1v) is 12.1. The molecule has 1 heterocycles. The van der Waals surface area contributed by atoms with E-state index in [0.717, 1.165) is 34.7 Å². The van der Waals surface area contributed by atoms with Crippen molar-refractivity contribution in [3.05, 3.63) is 88.4 Å². The number of amides is 2. The van der Waals surface area contributed by atoms with Gasteiger partial charge in [0.15, 0.2) is 0 Å². The highest BCUT2D eigenvalue weighted by Gasteiger charge is 2.21. The topological polar surface area (TPSA) is 95.6 Å². The number of carbonyl (C=O) groups excluding carboxylic acids is 2. The van der Waals surface area contributed by atoms with Crippen LogP contribution < -0.4 is 10.0 Å². The molecular weight excluding hydrogens is 453 g/mol. The molecular formula is C22H22FN3O4S2. The minimum atomic E-state index is -4.00. The average Bonchev–Trinajstić information content (AvgIpc) is 3.30. The largest absolute Gasteiger partial charge is 0.350 e. The molecule has 0 unspecified atom stereocenters. The minimum Gasteiger partial charge on any atom is -0.350 e. The van der Waals surface area contributed by atoms with E-state index in [4.69, 9.17) is 0 Å². The Morgan fingerprint density at radius 3 is 2.34 bits per heavy atom. The molecule has 0 bridgehead atoms. The molecule has 32 heavy (non-hydrogen) atoms. The second-order valence-corrected chi connectivity index (χ2v) is 9.67. The van der Waals surface area contributed by atoms with Gasteiger partial charge in [-0.3, -0.25) is 9.59 Å². The van der Waals surface area contributed by atoms with E-state index in [2.05, 4.69) is 10.0 Å². The average molecular weight is 476 g/mol. The van der Waals surface area contributed by atoms with Crippen molar-refractivity contribution in [2.45, 2.75) is 18.0 Å². The Morgan fingerprint density at radius 2 is 1.69 bits per heavy atom. The van der Waals surface area contributed by atoms with Crippen molar-refractivity contribution >= 4 is 33.2 Å².